The first-order chi connectivity index (χ1) is 14.2. The summed E-state index contributed by atoms with van der Waals surface area (Å²) < 4.78 is 30.8. The molecular formula is C19H22N4O6S. The highest BCUT2D eigenvalue weighted by Gasteiger charge is 2.20. The zero-order valence-electron chi connectivity index (χ0n) is 16.5. The Labute approximate surface area is 173 Å². The highest BCUT2D eigenvalue weighted by Crippen LogP contribution is 2.18. The van der Waals surface area contributed by atoms with E-state index in [0.717, 1.165) is 11.0 Å². The van der Waals surface area contributed by atoms with E-state index in [1.165, 1.54) is 4.90 Å². The Morgan fingerprint density at radius 1 is 1.20 bits per heavy atom. The van der Waals surface area contributed by atoms with Gasteiger partial charge in [-0.2, -0.15) is 8.42 Å². The maximum atomic E-state index is 13.0. The Morgan fingerprint density at radius 2 is 1.93 bits per heavy atom. The number of imidazole rings is 1. The predicted octanol–water partition coefficient (Wildman–Crippen LogP) is 2.06. The van der Waals surface area contributed by atoms with Gasteiger partial charge in [-0.15, -0.1) is 0 Å². The summed E-state index contributed by atoms with van der Waals surface area (Å²) in [4.78, 5) is 37.5. The largest absolute Gasteiger partial charge is 0.466 e. The van der Waals surface area contributed by atoms with E-state index in [-0.39, 0.29) is 24.8 Å². The van der Waals surface area contributed by atoms with Gasteiger partial charge in [0.25, 0.3) is 16.0 Å². The van der Waals surface area contributed by atoms with Crippen LogP contribution in [-0.2, 0) is 19.6 Å². The van der Waals surface area contributed by atoms with Gasteiger partial charge in [-0.3, -0.25) is 19.0 Å². The molecule has 0 fully saturated rings. The van der Waals surface area contributed by atoms with Crippen LogP contribution in [-0.4, -0.2) is 59.2 Å². The van der Waals surface area contributed by atoms with Gasteiger partial charge in [0.15, 0.2) is 0 Å². The van der Waals surface area contributed by atoms with Gasteiger partial charge in [0.05, 0.1) is 36.6 Å². The predicted molar refractivity (Wildman–Crippen MR) is 111 cm³/mol. The van der Waals surface area contributed by atoms with E-state index >= 15 is 0 Å². The maximum Gasteiger partial charge on any atom is 0.307 e. The Morgan fingerprint density at radius 3 is 2.57 bits per heavy atom. The van der Waals surface area contributed by atoms with E-state index in [2.05, 4.69) is 15.0 Å². The van der Waals surface area contributed by atoms with Crippen molar-refractivity contribution in [2.45, 2.75) is 13.3 Å². The van der Waals surface area contributed by atoms with Crippen molar-refractivity contribution in [2.24, 2.45) is 0 Å². The molecule has 1 aromatic carbocycles. The van der Waals surface area contributed by atoms with Crippen molar-refractivity contribution in [1.82, 2.24) is 15.0 Å². The number of amides is 1. The zero-order chi connectivity index (χ0) is 22.1. The van der Waals surface area contributed by atoms with Crippen LogP contribution in [0.2, 0.25) is 0 Å². The summed E-state index contributed by atoms with van der Waals surface area (Å²) >= 11 is 0. The number of anilines is 1. The SMILES string of the molecule is CCOC(=O)CCN(C(=O)c1ccc2nc[nH]c2c1)c1ccccn1.CS(=O)(=O)O. The standard InChI is InChI=1S/C18H18N4O3.CH4O3S/c1-2-25-17(23)8-10-22(16-5-3-4-9-19-16)18(24)13-6-7-14-15(11-13)21-12-20-14;1-5(2,3)4/h3-7,9,11-12H,2,8,10H2,1H3,(H,20,21);1H3,(H,2,3,4). The van der Waals surface area contributed by atoms with Gasteiger partial charge >= 0.3 is 5.97 Å². The summed E-state index contributed by atoms with van der Waals surface area (Å²) in [5.41, 5.74) is 2.05. The van der Waals surface area contributed by atoms with Crippen molar-refractivity contribution in [2.75, 3.05) is 24.3 Å². The Hall–Kier alpha value is -3.31. The highest BCUT2D eigenvalue weighted by atomic mass is 32.2. The third-order valence-electron chi connectivity index (χ3n) is 3.68. The number of hydrogen-bond acceptors (Lipinski definition) is 7. The molecule has 1 amide bonds. The monoisotopic (exact) mass is 434 g/mol. The average molecular weight is 434 g/mol. The lowest BCUT2D eigenvalue weighted by Gasteiger charge is -2.21. The minimum atomic E-state index is -3.67. The molecule has 0 radical (unpaired) electrons. The van der Waals surface area contributed by atoms with Gasteiger partial charge in [-0.1, -0.05) is 6.07 Å². The van der Waals surface area contributed by atoms with Crippen LogP contribution >= 0.6 is 0 Å². The van der Waals surface area contributed by atoms with E-state index in [1.807, 2.05) is 0 Å². The molecule has 0 spiro atoms. The van der Waals surface area contributed by atoms with Gasteiger partial charge in [0.2, 0.25) is 0 Å². The van der Waals surface area contributed by atoms with E-state index in [0.29, 0.717) is 24.2 Å². The normalized spacial score (nSPS) is 10.8. The second-order valence-electron chi connectivity index (χ2n) is 6.07. The van der Waals surface area contributed by atoms with E-state index in [4.69, 9.17) is 9.29 Å². The first-order valence-corrected chi connectivity index (χ1v) is 10.8. The van der Waals surface area contributed by atoms with Crippen molar-refractivity contribution in [1.29, 1.82) is 0 Å². The van der Waals surface area contributed by atoms with Crippen molar-refractivity contribution >= 4 is 38.8 Å². The molecule has 0 atom stereocenters. The number of ether oxygens (including phenoxy) is 1. The van der Waals surface area contributed by atoms with Gasteiger partial charge < -0.3 is 9.72 Å². The smallest absolute Gasteiger partial charge is 0.307 e. The molecule has 10 nitrogen and oxygen atoms in total. The topological polar surface area (TPSA) is 143 Å². The molecule has 0 saturated heterocycles. The molecule has 160 valence electrons. The van der Waals surface area contributed by atoms with Crippen molar-refractivity contribution in [3.63, 3.8) is 0 Å². The lowest BCUT2D eigenvalue weighted by atomic mass is 10.1. The van der Waals surface area contributed by atoms with Crippen molar-refractivity contribution in [3.05, 3.63) is 54.5 Å². The molecular weight excluding hydrogens is 412 g/mol. The summed E-state index contributed by atoms with van der Waals surface area (Å²) in [5.74, 6) is -0.0961. The highest BCUT2D eigenvalue weighted by molar-refractivity contribution is 7.85. The molecule has 2 aromatic heterocycles. The van der Waals surface area contributed by atoms with Gasteiger partial charge in [0, 0.05) is 18.3 Å². The van der Waals surface area contributed by atoms with Crippen LogP contribution in [0.5, 0.6) is 0 Å². The molecule has 0 unspecified atom stereocenters. The fraction of sp³-hybridized carbons (Fsp3) is 0.263. The van der Waals surface area contributed by atoms with Crippen LogP contribution in [0.25, 0.3) is 11.0 Å². The van der Waals surface area contributed by atoms with Crippen molar-refractivity contribution in [3.8, 4) is 0 Å². The van der Waals surface area contributed by atoms with Crippen molar-refractivity contribution < 1.29 is 27.3 Å². The summed E-state index contributed by atoms with van der Waals surface area (Å²) in [6.45, 7) is 2.25. The molecule has 11 heteroatoms. The van der Waals surface area contributed by atoms with Crippen LogP contribution in [0.3, 0.4) is 0 Å². The quantitative estimate of drug-likeness (QED) is 0.443. The lowest BCUT2D eigenvalue weighted by molar-refractivity contribution is -0.142. The molecule has 0 aliphatic carbocycles. The van der Waals surface area contributed by atoms with Crippen LogP contribution < -0.4 is 4.90 Å². The lowest BCUT2D eigenvalue weighted by Crippen LogP contribution is -2.34. The minimum Gasteiger partial charge on any atom is -0.466 e. The van der Waals surface area contributed by atoms with E-state index in [1.54, 1.807) is 55.8 Å². The number of H-pyrrole nitrogens is 1. The molecule has 0 bridgehead atoms. The fourth-order valence-corrected chi connectivity index (χ4v) is 2.49. The second kappa shape index (κ2) is 10.5. The molecule has 0 aliphatic heterocycles. The average Bonchev–Trinajstić information content (AvgIpc) is 3.15. The Kier molecular flexibility index (Phi) is 8.01. The number of esters is 1. The first-order valence-electron chi connectivity index (χ1n) is 8.93. The number of nitrogens with one attached hydrogen (secondary N) is 1. The van der Waals surface area contributed by atoms with Gasteiger partial charge in [0.1, 0.15) is 5.82 Å². The van der Waals surface area contributed by atoms with Gasteiger partial charge in [-0.05, 0) is 37.3 Å². The van der Waals surface area contributed by atoms with Gasteiger partial charge in [-0.25, -0.2) is 9.97 Å². The number of carbonyl (C=O) groups is 2. The Balaban J connectivity index is 0.000000575. The summed E-state index contributed by atoms with van der Waals surface area (Å²) in [6.07, 6.45) is 4.00. The van der Waals surface area contributed by atoms with E-state index < -0.39 is 10.1 Å². The third-order valence-corrected chi connectivity index (χ3v) is 3.68. The molecule has 3 aromatic rings. The number of aromatic amines is 1. The molecule has 2 heterocycles. The van der Waals surface area contributed by atoms with Crippen LogP contribution in [0.15, 0.2) is 48.9 Å². The molecule has 3 rings (SSSR count). The number of pyridine rings is 1. The number of fused-ring (bicyclic) bond motifs is 1. The fourth-order valence-electron chi connectivity index (χ4n) is 2.49. The Bertz CT molecular complexity index is 1090. The molecule has 2 N–H and O–H groups in total. The number of carbonyl (C=O) groups excluding carboxylic acids is 2. The maximum absolute atomic E-state index is 13.0. The number of rotatable bonds is 6. The molecule has 0 saturated carbocycles. The van der Waals surface area contributed by atoms with Crippen LogP contribution in [0.1, 0.15) is 23.7 Å². The molecule has 0 aliphatic rings. The zero-order valence-corrected chi connectivity index (χ0v) is 17.3. The van der Waals surface area contributed by atoms with E-state index in [9.17, 15) is 18.0 Å². The first kappa shape index (κ1) is 23.0. The van der Waals surface area contributed by atoms with Crippen LogP contribution in [0.4, 0.5) is 5.82 Å². The number of hydrogen-bond donors (Lipinski definition) is 2. The second-order valence-corrected chi connectivity index (χ2v) is 7.53. The number of nitrogens with zero attached hydrogens (tertiary/aromatic N) is 3. The minimum absolute atomic E-state index is 0.0997. The summed E-state index contributed by atoms with van der Waals surface area (Å²) in [7, 11) is -3.67. The third kappa shape index (κ3) is 7.26. The summed E-state index contributed by atoms with van der Waals surface area (Å²) in [5, 5.41) is 0. The number of aromatic nitrogens is 3. The summed E-state index contributed by atoms with van der Waals surface area (Å²) in [6, 6.07) is 10.5. The van der Waals surface area contributed by atoms with Crippen LogP contribution in [0, 0.1) is 0 Å². The number of benzene rings is 1. The molecule has 30 heavy (non-hydrogen) atoms.